The van der Waals surface area contributed by atoms with E-state index in [4.69, 9.17) is 4.99 Å². The van der Waals surface area contributed by atoms with Crippen LogP contribution in [-0.2, 0) is 0 Å². The number of dihydropyridines is 1. The van der Waals surface area contributed by atoms with Crippen molar-refractivity contribution in [3.05, 3.63) is 203 Å². The van der Waals surface area contributed by atoms with E-state index in [0.29, 0.717) is 24.4 Å². The lowest BCUT2D eigenvalue weighted by atomic mass is 9.76. The fourth-order valence-corrected chi connectivity index (χ4v) is 9.86. The number of amidine groups is 1. The van der Waals surface area contributed by atoms with Crippen LogP contribution in [0.15, 0.2) is 180 Å². The third-order valence-corrected chi connectivity index (χ3v) is 12.1. The molecule has 6 unspecified atom stereocenters. The first-order chi connectivity index (χ1) is 25.8. The SMILES string of the molecule is C1=CC2C3=CC4c5ccccc5N(c5ccccc5)C4CC3N(C3=CC=C(C4=Nc5ccccc5C(c5ccccc5)N4)CN3)C2c2ccccc21. The summed E-state index contributed by atoms with van der Waals surface area (Å²) in [4.78, 5) is 10.5. The number of fused-ring (bicyclic) bond motifs is 9. The van der Waals surface area contributed by atoms with E-state index < -0.39 is 0 Å². The number of hydrogen-bond acceptors (Lipinski definition) is 5. The summed E-state index contributed by atoms with van der Waals surface area (Å²) in [6.45, 7) is 0.701. The van der Waals surface area contributed by atoms with Crippen LogP contribution in [0.1, 0.15) is 52.2 Å². The predicted octanol–water partition coefficient (Wildman–Crippen LogP) is 9.48. The Kier molecular flexibility index (Phi) is 6.69. The Bertz CT molecular complexity index is 2370. The zero-order valence-corrected chi connectivity index (χ0v) is 28.8. The first-order valence-electron chi connectivity index (χ1n) is 18.6. The molecule has 5 heteroatoms. The molecular weight excluding hydrogens is 635 g/mol. The molecule has 0 amide bonds. The fraction of sp³-hybridized carbons (Fsp3) is 0.170. The summed E-state index contributed by atoms with van der Waals surface area (Å²) < 4.78 is 0. The number of allylic oxidation sites excluding steroid dienone is 2. The minimum absolute atomic E-state index is 0.0482. The van der Waals surface area contributed by atoms with Crippen LogP contribution in [0.25, 0.3) is 6.08 Å². The second kappa shape index (κ2) is 11.7. The van der Waals surface area contributed by atoms with Gasteiger partial charge in [0.15, 0.2) is 0 Å². The number of anilines is 2. The lowest BCUT2D eigenvalue weighted by Crippen LogP contribution is -2.45. The number of benzene rings is 5. The van der Waals surface area contributed by atoms with Gasteiger partial charge in [0.25, 0.3) is 0 Å². The smallest absolute Gasteiger partial charge is 0.132 e. The molecule has 1 saturated heterocycles. The Labute approximate surface area is 305 Å². The van der Waals surface area contributed by atoms with E-state index in [0.717, 1.165) is 17.9 Å². The number of likely N-dealkylation sites (tertiary alicyclic amines) is 1. The molecule has 5 nitrogen and oxygen atoms in total. The van der Waals surface area contributed by atoms with Crippen LogP contribution in [0.5, 0.6) is 0 Å². The van der Waals surface area contributed by atoms with Crippen LogP contribution < -0.4 is 15.5 Å². The highest BCUT2D eigenvalue weighted by Crippen LogP contribution is 2.58. The van der Waals surface area contributed by atoms with Crippen LogP contribution in [0, 0.1) is 5.92 Å². The van der Waals surface area contributed by atoms with Gasteiger partial charge >= 0.3 is 0 Å². The molecule has 2 N–H and O–H groups in total. The summed E-state index contributed by atoms with van der Waals surface area (Å²) in [5.41, 5.74) is 13.0. The van der Waals surface area contributed by atoms with Gasteiger partial charge in [-0.15, -0.1) is 0 Å². The first-order valence-corrected chi connectivity index (χ1v) is 18.6. The molecule has 11 rings (SSSR count). The number of hydrogen-bond donors (Lipinski definition) is 2. The molecule has 5 aromatic rings. The molecule has 0 saturated carbocycles. The van der Waals surface area contributed by atoms with Gasteiger partial charge in [-0.2, -0.15) is 0 Å². The summed E-state index contributed by atoms with van der Waals surface area (Å²) in [5.74, 6) is 2.79. The highest BCUT2D eigenvalue weighted by Gasteiger charge is 2.53. The van der Waals surface area contributed by atoms with Gasteiger partial charge in [-0.1, -0.05) is 127 Å². The fourth-order valence-electron chi connectivity index (χ4n) is 9.86. The number of nitrogens with zero attached hydrogens (tertiary/aromatic N) is 3. The second-order valence-corrected chi connectivity index (χ2v) is 14.7. The van der Waals surface area contributed by atoms with Crippen LogP contribution in [0.2, 0.25) is 0 Å². The van der Waals surface area contributed by atoms with Crippen molar-refractivity contribution in [2.45, 2.75) is 36.5 Å². The highest BCUT2D eigenvalue weighted by molar-refractivity contribution is 6.02. The third kappa shape index (κ3) is 4.51. The average molecular weight is 674 g/mol. The summed E-state index contributed by atoms with van der Waals surface area (Å²) in [7, 11) is 0. The van der Waals surface area contributed by atoms with Crippen molar-refractivity contribution in [1.82, 2.24) is 15.5 Å². The van der Waals surface area contributed by atoms with Crippen molar-refractivity contribution in [3.63, 3.8) is 0 Å². The van der Waals surface area contributed by atoms with Crippen LogP contribution in [0.3, 0.4) is 0 Å². The molecule has 4 heterocycles. The third-order valence-electron chi connectivity index (χ3n) is 12.1. The van der Waals surface area contributed by atoms with Gasteiger partial charge in [0.05, 0.1) is 23.8 Å². The average Bonchev–Trinajstić information content (AvgIpc) is 3.72. The maximum Gasteiger partial charge on any atom is 0.132 e. The number of rotatable bonds is 4. The van der Waals surface area contributed by atoms with Crippen molar-refractivity contribution in [2.75, 3.05) is 11.4 Å². The number of nitrogens with one attached hydrogen (secondary N) is 2. The van der Waals surface area contributed by atoms with Crippen molar-refractivity contribution in [3.8, 4) is 0 Å². The standard InChI is InChI=1S/C47H39N5/c1-3-14-31(15-4-1)45-37-20-9-11-21-40(37)49-47(50-45)32-24-26-44(48-29-32)52-43-28-42-38(27-39(43)36-25-23-30-13-7-8-18-34(30)46(36)52)35-19-10-12-22-41(35)51(42)33-16-5-2-6-17-33/h1-27,36,38,42-43,45-46,48H,28-29H2,(H,49,50). The largest absolute Gasteiger partial charge is 0.367 e. The summed E-state index contributed by atoms with van der Waals surface area (Å²) in [6, 6.07) is 49.1. The van der Waals surface area contributed by atoms with Gasteiger partial charge in [0, 0.05) is 46.9 Å². The molecule has 0 spiro atoms. The lowest BCUT2D eigenvalue weighted by molar-refractivity contribution is 0.213. The Morgan fingerprint density at radius 1 is 0.673 bits per heavy atom. The summed E-state index contributed by atoms with van der Waals surface area (Å²) in [5, 5.41) is 7.75. The maximum atomic E-state index is 5.15. The molecule has 4 aliphatic heterocycles. The molecule has 0 aromatic heterocycles. The van der Waals surface area contributed by atoms with Gasteiger partial charge in [-0.25, -0.2) is 4.99 Å². The zero-order valence-electron chi connectivity index (χ0n) is 28.8. The maximum absolute atomic E-state index is 5.15. The molecule has 5 aromatic carbocycles. The van der Waals surface area contributed by atoms with E-state index in [1.807, 2.05) is 0 Å². The Morgan fingerprint density at radius 2 is 1.40 bits per heavy atom. The molecule has 52 heavy (non-hydrogen) atoms. The lowest BCUT2D eigenvalue weighted by Gasteiger charge is -2.41. The Morgan fingerprint density at radius 3 is 2.23 bits per heavy atom. The topological polar surface area (TPSA) is 42.9 Å². The van der Waals surface area contributed by atoms with Gasteiger partial charge in [0.2, 0.25) is 0 Å². The zero-order chi connectivity index (χ0) is 34.2. The van der Waals surface area contributed by atoms with Gasteiger partial charge in [0.1, 0.15) is 11.7 Å². The first kappa shape index (κ1) is 29.6. The van der Waals surface area contributed by atoms with E-state index >= 15 is 0 Å². The molecule has 2 aliphatic carbocycles. The Balaban J connectivity index is 0.995. The van der Waals surface area contributed by atoms with Crippen molar-refractivity contribution < 1.29 is 0 Å². The van der Waals surface area contributed by atoms with Gasteiger partial charge < -0.3 is 20.4 Å². The second-order valence-electron chi connectivity index (χ2n) is 14.7. The molecule has 252 valence electrons. The number of aliphatic imine (C=N–C) groups is 1. The van der Waals surface area contributed by atoms with E-state index in [1.54, 1.807) is 5.57 Å². The van der Waals surface area contributed by atoms with Gasteiger partial charge in [-0.3, -0.25) is 0 Å². The van der Waals surface area contributed by atoms with Crippen LogP contribution >= 0.6 is 0 Å². The van der Waals surface area contributed by atoms with Crippen molar-refractivity contribution in [2.24, 2.45) is 10.9 Å². The minimum Gasteiger partial charge on any atom is -0.367 e. The summed E-state index contributed by atoms with van der Waals surface area (Å²) >= 11 is 0. The molecule has 6 atom stereocenters. The van der Waals surface area contributed by atoms with Crippen LogP contribution in [-0.4, -0.2) is 29.4 Å². The van der Waals surface area contributed by atoms with E-state index in [9.17, 15) is 0 Å². The minimum atomic E-state index is 0.0482. The van der Waals surface area contributed by atoms with Crippen molar-refractivity contribution in [1.29, 1.82) is 0 Å². The molecule has 1 fully saturated rings. The van der Waals surface area contributed by atoms with Crippen LogP contribution in [0.4, 0.5) is 17.1 Å². The molecule has 6 aliphatic rings. The quantitative estimate of drug-likeness (QED) is 0.187. The Hall–Kier alpha value is -6.07. The highest BCUT2D eigenvalue weighted by atomic mass is 15.3. The molecule has 0 bridgehead atoms. The van der Waals surface area contributed by atoms with E-state index in [1.165, 1.54) is 50.6 Å². The van der Waals surface area contributed by atoms with E-state index in [-0.39, 0.29) is 18.1 Å². The normalized spacial score (nSPS) is 26.2. The predicted molar refractivity (Wildman–Crippen MR) is 211 cm³/mol. The van der Waals surface area contributed by atoms with Gasteiger partial charge in [-0.05, 0) is 70.7 Å². The monoisotopic (exact) mass is 673 g/mol. The summed E-state index contributed by atoms with van der Waals surface area (Å²) in [6.07, 6.45) is 13.1. The van der Waals surface area contributed by atoms with Crippen molar-refractivity contribution >= 4 is 29.0 Å². The number of para-hydroxylation sites is 3. The van der Waals surface area contributed by atoms with E-state index in [2.05, 4.69) is 184 Å². The molecule has 0 radical (unpaired) electrons. The molecular formula is C47H39N5.